The lowest BCUT2D eigenvalue weighted by atomic mass is 9.93. The van der Waals surface area contributed by atoms with Crippen molar-refractivity contribution in [2.45, 2.75) is 40.5 Å². The third-order valence-electron chi connectivity index (χ3n) is 3.57. The standard InChI is InChI=1S/C15H26N4S.HI/c1-5-16-14(19-9-7-15(3,4)11-19)17-8-6-13-18-10-12(2)20-13;/h10H,5-9,11H2,1-4H3,(H,16,17);1H. The minimum Gasteiger partial charge on any atom is -0.357 e. The minimum absolute atomic E-state index is 0. The van der Waals surface area contributed by atoms with Crippen LogP contribution in [0.5, 0.6) is 0 Å². The van der Waals surface area contributed by atoms with E-state index in [1.54, 1.807) is 11.3 Å². The summed E-state index contributed by atoms with van der Waals surface area (Å²) in [4.78, 5) is 12.8. The predicted octanol–water partition coefficient (Wildman–Crippen LogP) is 3.31. The molecular formula is C15H27IN4S. The van der Waals surface area contributed by atoms with Crippen molar-refractivity contribution in [2.75, 3.05) is 26.2 Å². The van der Waals surface area contributed by atoms with Crippen LogP contribution in [-0.2, 0) is 6.42 Å². The highest BCUT2D eigenvalue weighted by Gasteiger charge is 2.30. The van der Waals surface area contributed by atoms with Gasteiger partial charge in [0.1, 0.15) is 0 Å². The van der Waals surface area contributed by atoms with Crippen LogP contribution in [0.3, 0.4) is 0 Å². The third-order valence-corrected chi connectivity index (χ3v) is 4.54. The normalized spacial score (nSPS) is 17.7. The van der Waals surface area contributed by atoms with Gasteiger partial charge in [0.05, 0.1) is 5.01 Å². The van der Waals surface area contributed by atoms with E-state index in [4.69, 9.17) is 4.99 Å². The van der Waals surface area contributed by atoms with Gasteiger partial charge in [-0.15, -0.1) is 35.3 Å². The highest BCUT2D eigenvalue weighted by Crippen LogP contribution is 2.28. The maximum Gasteiger partial charge on any atom is 0.193 e. The number of hydrogen-bond donors (Lipinski definition) is 1. The molecule has 2 heterocycles. The second kappa shape index (κ2) is 8.31. The smallest absolute Gasteiger partial charge is 0.193 e. The van der Waals surface area contributed by atoms with Gasteiger partial charge in [-0.25, -0.2) is 4.98 Å². The number of thiazole rings is 1. The molecule has 1 N–H and O–H groups in total. The molecule has 6 heteroatoms. The first-order chi connectivity index (χ1) is 9.50. The maximum absolute atomic E-state index is 4.76. The summed E-state index contributed by atoms with van der Waals surface area (Å²) in [6.07, 6.45) is 4.12. The fourth-order valence-electron chi connectivity index (χ4n) is 2.49. The lowest BCUT2D eigenvalue weighted by Gasteiger charge is -2.23. The summed E-state index contributed by atoms with van der Waals surface area (Å²) in [6.45, 7) is 12.8. The van der Waals surface area contributed by atoms with Crippen molar-refractivity contribution in [3.05, 3.63) is 16.1 Å². The lowest BCUT2D eigenvalue weighted by Crippen LogP contribution is -2.40. The van der Waals surface area contributed by atoms with Gasteiger partial charge in [-0.2, -0.15) is 0 Å². The molecule has 2 rings (SSSR count). The number of aliphatic imine (C=N–C) groups is 1. The van der Waals surface area contributed by atoms with E-state index in [1.165, 1.54) is 16.3 Å². The molecular weight excluding hydrogens is 395 g/mol. The van der Waals surface area contributed by atoms with Crippen LogP contribution in [-0.4, -0.2) is 42.0 Å². The van der Waals surface area contributed by atoms with E-state index in [0.717, 1.165) is 38.6 Å². The quantitative estimate of drug-likeness (QED) is 0.460. The number of nitrogens with zero attached hydrogens (tertiary/aromatic N) is 3. The van der Waals surface area contributed by atoms with E-state index < -0.39 is 0 Å². The van der Waals surface area contributed by atoms with E-state index in [2.05, 4.69) is 42.9 Å². The molecule has 0 spiro atoms. The molecule has 4 nitrogen and oxygen atoms in total. The second-order valence-corrected chi connectivity index (χ2v) is 7.51. The van der Waals surface area contributed by atoms with E-state index >= 15 is 0 Å². The summed E-state index contributed by atoms with van der Waals surface area (Å²) < 4.78 is 0. The Hall–Kier alpha value is -0.370. The Morgan fingerprint density at radius 1 is 1.52 bits per heavy atom. The Kier molecular flexibility index (Phi) is 7.39. The molecule has 1 aliphatic rings. The molecule has 1 saturated heterocycles. The van der Waals surface area contributed by atoms with Crippen molar-refractivity contribution in [1.29, 1.82) is 0 Å². The third kappa shape index (κ3) is 5.73. The van der Waals surface area contributed by atoms with Gasteiger partial charge in [-0.1, -0.05) is 13.8 Å². The largest absolute Gasteiger partial charge is 0.357 e. The summed E-state index contributed by atoms with van der Waals surface area (Å²) in [5, 5.41) is 4.60. The van der Waals surface area contributed by atoms with Crippen LogP contribution in [0.2, 0.25) is 0 Å². The van der Waals surface area contributed by atoms with Crippen molar-refractivity contribution in [3.8, 4) is 0 Å². The predicted molar refractivity (Wildman–Crippen MR) is 102 cm³/mol. The zero-order valence-corrected chi connectivity index (χ0v) is 16.6. The number of rotatable bonds is 4. The Labute approximate surface area is 149 Å². The number of hydrogen-bond acceptors (Lipinski definition) is 3. The van der Waals surface area contributed by atoms with Gasteiger partial charge in [0.25, 0.3) is 0 Å². The van der Waals surface area contributed by atoms with E-state index in [1.807, 2.05) is 6.20 Å². The highest BCUT2D eigenvalue weighted by atomic mass is 127. The van der Waals surface area contributed by atoms with Crippen LogP contribution >= 0.6 is 35.3 Å². The molecule has 21 heavy (non-hydrogen) atoms. The molecule has 0 unspecified atom stereocenters. The number of aromatic nitrogens is 1. The van der Waals surface area contributed by atoms with Crippen molar-refractivity contribution in [3.63, 3.8) is 0 Å². The van der Waals surface area contributed by atoms with Gasteiger partial charge in [-0.3, -0.25) is 4.99 Å². The molecule has 0 aromatic carbocycles. The van der Waals surface area contributed by atoms with Crippen LogP contribution in [0.4, 0.5) is 0 Å². The Balaban J connectivity index is 0.00000220. The van der Waals surface area contributed by atoms with E-state index in [-0.39, 0.29) is 24.0 Å². The van der Waals surface area contributed by atoms with Gasteiger partial charge in [-0.05, 0) is 25.7 Å². The van der Waals surface area contributed by atoms with Crippen molar-refractivity contribution in [2.24, 2.45) is 10.4 Å². The highest BCUT2D eigenvalue weighted by molar-refractivity contribution is 14.0. The maximum atomic E-state index is 4.76. The summed E-state index contributed by atoms with van der Waals surface area (Å²) in [7, 11) is 0. The molecule has 120 valence electrons. The summed E-state index contributed by atoms with van der Waals surface area (Å²) in [6, 6.07) is 0. The van der Waals surface area contributed by atoms with E-state index in [9.17, 15) is 0 Å². The fourth-order valence-corrected chi connectivity index (χ4v) is 3.27. The van der Waals surface area contributed by atoms with Crippen LogP contribution in [0.1, 0.15) is 37.1 Å². The molecule has 0 bridgehead atoms. The average Bonchev–Trinajstić information content (AvgIpc) is 2.94. The van der Waals surface area contributed by atoms with Crippen molar-refractivity contribution < 1.29 is 0 Å². The molecule has 1 aromatic rings. The van der Waals surface area contributed by atoms with Crippen LogP contribution in [0.15, 0.2) is 11.2 Å². The van der Waals surface area contributed by atoms with Gasteiger partial charge in [0.15, 0.2) is 5.96 Å². The number of guanidine groups is 1. The van der Waals surface area contributed by atoms with Gasteiger partial charge in [0.2, 0.25) is 0 Å². The summed E-state index contributed by atoms with van der Waals surface area (Å²) in [5.74, 6) is 1.06. The number of halogens is 1. The van der Waals surface area contributed by atoms with Crippen molar-refractivity contribution >= 4 is 41.3 Å². The first kappa shape index (κ1) is 18.7. The molecule has 0 aliphatic carbocycles. The lowest BCUT2D eigenvalue weighted by molar-refractivity contribution is 0.370. The number of likely N-dealkylation sites (tertiary alicyclic amines) is 1. The zero-order valence-electron chi connectivity index (χ0n) is 13.5. The molecule has 0 atom stereocenters. The zero-order chi connectivity index (χ0) is 14.6. The first-order valence-corrected chi connectivity index (χ1v) is 8.26. The van der Waals surface area contributed by atoms with Crippen LogP contribution in [0.25, 0.3) is 0 Å². The molecule has 0 saturated carbocycles. The topological polar surface area (TPSA) is 40.5 Å². The van der Waals surface area contributed by atoms with Crippen LogP contribution < -0.4 is 5.32 Å². The van der Waals surface area contributed by atoms with Crippen molar-refractivity contribution in [1.82, 2.24) is 15.2 Å². The summed E-state index contributed by atoms with van der Waals surface area (Å²) >= 11 is 1.77. The summed E-state index contributed by atoms with van der Waals surface area (Å²) in [5.41, 5.74) is 0.405. The SMILES string of the molecule is CCNC(=NCCc1ncc(C)s1)N1CCC(C)(C)C1.I. The van der Waals surface area contributed by atoms with E-state index in [0.29, 0.717) is 5.41 Å². The average molecular weight is 422 g/mol. The van der Waals surface area contributed by atoms with Crippen LogP contribution in [0, 0.1) is 12.3 Å². The molecule has 0 radical (unpaired) electrons. The Morgan fingerprint density at radius 3 is 2.81 bits per heavy atom. The fraction of sp³-hybridized carbons (Fsp3) is 0.733. The number of nitrogens with one attached hydrogen (secondary N) is 1. The second-order valence-electron chi connectivity index (χ2n) is 6.19. The van der Waals surface area contributed by atoms with Gasteiger partial charge < -0.3 is 10.2 Å². The monoisotopic (exact) mass is 422 g/mol. The Morgan fingerprint density at radius 2 is 2.29 bits per heavy atom. The molecule has 1 aliphatic heterocycles. The molecule has 0 amide bonds. The minimum atomic E-state index is 0. The molecule has 1 fully saturated rings. The number of aryl methyl sites for hydroxylation is 1. The van der Waals surface area contributed by atoms with Gasteiger partial charge in [0, 0.05) is 43.7 Å². The molecule has 1 aromatic heterocycles. The van der Waals surface area contributed by atoms with Gasteiger partial charge >= 0.3 is 0 Å². The first-order valence-electron chi connectivity index (χ1n) is 7.45. The Bertz CT molecular complexity index is 470.